The molecular formula is C29H32N4O5S. The number of hydrogen-bond acceptors (Lipinski definition) is 6. The molecule has 0 aliphatic heterocycles. The number of carboxylic acid groups (broad SMARTS) is 1. The van der Waals surface area contributed by atoms with Crippen LogP contribution in [0.5, 0.6) is 0 Å². The van der Waals surface area contributed by atoms with E-state index in [1.807, 2.05) is 24.6 Å². The van der Waals surface area contributed by atoms with Gasteiger partial charge in [0.1, 0.15) is 0 Å². The normalized spacial score (nSPS) is 12.7. The molecule has 0 radical (unpaired) electrons. The Labute approximate surface area is 228 Å². The van der Waals surface area contributed by atoms with Gasteiger partial charge in [-0.2, -0.15) is 0 Å². The van der Waals surface area contributed by atoms with Crippen molar-refractivity contribution in [2.45, 2.75) is 43.4 Å². The molecule has 204 valence electrons. The van der Waals surface area contributed by atoms with Gasteiger partial charge in [0.25, 0.3) is 10.0 Å². The van der Waals surface area contributed by atoms with Crippen molar-refractivity contribution < 1.29 is 23.4 Å². The number of sulfonamides is 1. The maximum absolute atomic E-state index is 12.6. The Kier molecular flexibility index (Phi) is 8.49. The number of aryl methyl sites for hydroxylation is 1. The first kappa shape index (κ1) is 28.0. The Morgan fingerprint density at radius 1 is 1.03 bits per heavy atom. The highest BCUT2D eigenvalue weighted by molar-refractivity contribution is 7.92. The number of aliphatic hydroxyl groups excluding tert-OH is 1. The third-order valence-corrected chi connectivity index (χ3v) is 7.80. The molecule has 0 saturated heterocycles. The molecule has 10 heteroatoms. The van der Waals surface area contributed by atoms with Crippen LogP contribution in [0.3, 0.4) is 0 Å². The van der Waals surface area contributed by atoms with Gasteiger partial charge in [0, 0.05) is 36.1 Å². The van der Waals surface area contributed by atoms with Crippen LogP contribution in [0.25, 0.3) is 11.3 Å². The number of aliphatic hydroxyl groups is 1. The summed E-state index contributed by atoms with van der Waals surface area (Å²) in [6.07, 6.45) is 3.58. The lowest BCUT2D eigenvalue weighted by atomic mass is 9.99. The number of anilines is 1. The highest BCUT2D eigenvalue weighted by Gasteiger charge is 2.20. The van der Waals surface area contributed by atoms with E-state index in [1.165, 1.54) is 12.1 Å². The Bertz CT molecular complexity index is 1520. The summed E-state index contributed by atoms with van der Waals surface area (Å²) in [5.41, 5.74) is 2.50. The van der Waals surface area contributed by atoms with Crippen molar-refractivity contribution in [3.8, 4) is 11.3 Å². The van der Waals surface area contributed by atoms with Crippen molar-refractivity contribution in [2.24, 2.45) is 0 Å². The molecule has 0 fully saturated rings. The van der Waals surface area contributed by atoms with Crippen LogP contribution < -0.4 is 10.0 Å². The second-order valence-corrected chi connectivity index (χ2v) is 11.6. The van der Waals surface area contributed by atoms with Gasteiger partial charge in [-0.3, -0.25) is 4.72 Å². The van der Waals surface area contributed by atoms with Crippen LogP contribution >= 0.6 is 0 Å². The van der Waals surface area contributed by atoms with Gasteiger partial charge in [0.2, 0.25) is 0 Å². The molecule has 1 unspecified atom stereocenters. The highest BCUT2D eigenvalue weighted by atomic mass is 32.2. The third-order valence-electron chi connectivity index (χ3n) is 6.41. The Morgan fingerprint density at radius 2 is 1.74 bits per heavy atom. The van der Waals surface area contributed by atoms with E-state index in [1.54, 1.807) is 73.1 Å². The van der Waals surface area contributed by atoms with Crippen LogP contribution in [0, 0.1) is 0 Å². The zero-order chi connectivity index (χ0) is 28.0. The standard InChI is InChI=1S/C29H32N4O5S/c1-29(2,15-16-33-19-26(30-20-33)21-11-13-22(14-12-21)28(35)36)31-18-27(34)23-7-6-8-24(17-23)32-39(37,38)25-9-4-3-5-10-25/h3-14,17,19-20,27,31-32,34H,15-16,18H2,1-2H3,(H,35,36). The predicted octanol–water partition coefficient (Wildman–Crippen LogP) is 4.54. The fourth-order valence-corrected chi connectivity index (χ4v) is 5.10. The Balaban J connectivity index is 1.31. The highest BCUT2D eigenvalue weighted by Crippen LogP contribution is 2.22. The summed E-state index contributed by atoms with van der Waals surface area (Å²) >= 11 is 0. The maximum atomic E-state index is 12.6. The summed E-state index contributed by atoms with van der Waals surface area (Å²) in [5.74, 6) is -0.965. The number of hydrogen-bond donors (Lipinski definition) is 4. The van der Waals surface area contributed by atoms with E-state index in [-0.39, 0.29) is 22.5 Å². The smallest absolute Gasteiger partial charge is 0.335 e. The lowest BCUT2D eigenvalue weighted by Gasteiger charge is -2.28. The van der Waals surface area contributed by atoms with Crippen molar-refractivity contribution in [1.29, 1.82) is 0 Å². The fraction of sp³-hybridized carbons (Fsp3) is 0.241. The largest absolute Gasteiger partial charge is 0.478 e. The van der Waals surface area contributed by atoms with Gasteiger partial charge in [-0.25, -0.2) is 18.2 Å². The number of carbonyl (C=O) groups is 1. The van der Waals surface area contributed by atoms with Crippen molar-refractivity contribution in [3.05, 3.63) is 103 Å². The zero-order valence-electron chi connectivity index (χ0n) is 21.8. The molecule has 4 aromatic rings. The number of β-amino-alcohol motifs (C(OH)–C–C–N with tert-alkyl or cyclic N) is 1. The molecule has 1 aromatic heterocycles. The lowest BCUT2D eigenvalue weighted by Crippen LogP contribution is -2.42. The second kappa shape index (κ2) is 11.8. The SMILES string of the molecule is CC(C)(CCn1cnc(-c2ccc(C(=O)O)cc2)c1)NCC(O)c1cccc(NS(=O)(=O)c2ccccc2)c1. The molecule has 0 aliphatic rings. The minimum atomic E-state index is -3.72. The van der Waals surface area contributed by atoms with Crippen molar-refractivity contribution in [2.75, 3.05) is 11.3 Å². The van der Waals surface area contributed by atoms with E-state index in [0.29, 0.717) is 17.8 Å². The van der Waals surface area contributed by atoms with E-state index in [9.17, 15) is 18.3 Å². The monoisotopic (exact) mass is 548 g/mol. The molecule has 0 amide bonds. The number of carboxylic acids is 1. The van der Waals surface area contributed by atoms with Crippen LogP contribution in [0.1, 0.15) is 42.3 Å². The zero-order valence-corrected chi connectivity index (χ0v) is 22.6. The molecule has 4 N–H and O–H groups in total. The van der Waals surface area contributed by atoms with Gasteiger partial charge in [-0.05, 0) is 62.2 Å². The first-order chi connectivity index (χ1) is 18.5. The first-order valence-electron chi connectivity index (χ1n) is 12.5. The summed E-state index contributed by atoms with van der Waals surface area (Å²) in [6.45, 7) is 5.07. The number of benzene rings is 3. The first-order valence-corrected chi connectivity index (χ1v) is 14.0. The van der Waals surface area contributed by atoms with E-state index >= 15 is 0 Å². The molecule has 0 bridgehead atoms. The minimum absolute atomic E-state index is 0.167. The molecule has 9 nitrogen and oxygen atoms in total. The molecule has 0 saturated carbocycles. The summed E-state index contributed by atoms with van der Waals surface area (Å²) in [5, 5.41) is 23.3. The van der Waals surface area contributed by atoms with Crippen LogP contribution in [0.2, 0.25) is 0 Å². The molecule has 1 atom stereocenters. The summed E-state index contributed by atoms with van der Waals surface area (Å²) in [4.78, 5) is 15.7. The Hall–Kier alpha value is -3.99. The van der Waals surface area contributed by atoms with Crippen LogP contribution in [-0.2, 0) is 16.6 Å². The topological polar surface area (TPSA) is 134 Å². The molecule has 3 aromatic carbocycles. The van der Waals surface area contributed by atoms with Crippen molar-refractivity contribution >= 4 is 21.7 Å². The Morgan fingerprint density at radius 3 is 2.44 bits per heavy atom. The number of rotatable bonds is 12. The lowest BCUT2D eigenvalue weighted by molar-refractivity contribution is 0.0697. The van der Waals surface area contributed by atoms with Crippen LogP contribution in [-0.4, -0.2) is 46.2 Å². The average Bonchev–Trinajstić information content (AvgIpc) is 3.40. The van der Waals surface area contributed by atoms with Gasteiger partial charge in [0.15, 0.2) is 0 Å². The van der Waals surface area contributed by atoms with Crippen molar-refractivity contribution in [3.63, 3.8) is 0 Å². The van der Waals surface area contributed by atoms with Crippen molar-refractivity contribution in [1.82, 2.24) is 14.9 Å². The molecule has 1 heterocycles. The van der Waals surface area contributed by atoms with Gasteiger partial charge in [0.05, 0.1) is 28.6 Å². The molecule has 4 rings (SSSR count). The summed E-state index contributed by atoms with van der Waals surface area (Å²) < 4.78 is 29.8. The molecule has 39 heavy (non-hydrogen) atoms. The van der Waals surface area contributed by atoms with E-state index in [4.69, 9.17) is 5.11 Å². The number of imidazole rings is 1. The van der Waals surface area contributed by atoms with E-state index < -0.39 is 22.1 Å². The van der Waals surface area contributed by atoms with Gasteiger partial charge in [-0.1, -0.05) is 42.5 Å². The van der Waals surface area contributed by atoms with E-state index in [0.717, 1.165) is 17.7 Å². The van der Waals surface area contributed by atoms with Gasteiger partial charge >= 0.3 is 5.97 Å². The quantitative estimate of drug-likeness (QED) is 0.204. The minimum Gasteiger partial charge on any atom is -0.478 e. The number of aromatic nitrogens is 2. The predicted molar refractivity (Wildman–Crippen MR) is 150 cm³/mol. The molecule has 0 aliphatic carbocycles. The second-order valence-electron chi connectivity index (χ2n) is 9.95. The summed E-state index contributed by atoms with van der Waals surface area (Å²) in [6, 6.07) is 21.5. The maximum Gasteiger partial charge on any atom is 0.335 e. The van der Waals surface area contributed by atoms with Gasteiger partial charge < -0.3 is 20.1 Å². The average molecular weight is 549 g/mol. The number of aromatic carboxylic acids is 1. The van der Waals surface area contributed by atoms with Crippen LogP contribution in [0.15, 0.2) is 96.3 Å². The fourth-order valence-electron chi connectivity index (χ4n) is 4.03. The molecule has 0 spiro atoms. The van der Waals surface area contributed by atoms with E-state index in [2.05, 4.69) is 15.0 Å². The molecular weight excluding hydrogens is 516 g/mol. The third kappa shape index (κ3) is 7.53. The summed E-state index contributed by atoms with van der Waals surface area (Å²) in [7, 11) is -3.72. The number of nitrogens with zero attached hydrogens (tertiary/aromatic N) is 2. The van der Waals surface area contributed by atoms with Crippen LogP contribution in [0.4, 0.5) is 5.69 Å². The van der Waals surface area contributed by atoms with Gasteiger partial charge in [-0.15, -0.1) is 0 Å². The number of nitrogens with one attached hydrogen (secondary N) is 2.